The van der Waals surface area contributed by atoms with E-state index >= 15 is 0 Å². The van der Waals surface area contributed by atoms with Crippen LogP contribution in [0.4, 0.5) is 5.69 Å². The van der Waals surface area contributed by atoms with Gasteiger partial charge in [0.2, 0.25) is 15.9 Å². The molecule has 0 radical (unpaired) electrons. The van der Waals surface area contributed by atoms with E-state index in [9.17, 15) is 13.2 Å². The summed E-state index contributed by atoms with van der Waals surface area (Å²) in [6, 6.07) is 17.6. The average Bonchev–Trinajstić information content (AvgIpc) is 2.55. The van der Waals surface area contributed by atoms with Crippen LogP contribution in [0.2, 0.25) is 0 Å². The Morgan fingerprint density at radius 3 is 2.12 bits per heavy atom. The average molecular weight is 346 g/mol. The van der Waals surface area contributed by atoms with E-state index in [1.54, 1.807) is 37.3 Å². The third kappa shape index (κ3) is 4.83. The molecule has 2 rings (SSSR count). The normalized spacial score (nSPS) is 12.4. The molecule has 6 heteroatoms. The minimum atomic E-state index is -3.57. The lowest BCUT2D eigenvalue weighted by molar-refractivity contribution is -0.121. The van der Waals surface area contributed by atoms with E-state index in [0.29, 0.717) is 18.7 Å². The first kappa shape index (κ1) is 18.0. The first-order valence-electron chi connectivity index (χ1n) is 7.75. The van der Waals surface area contributed by atoms with E-state index in [1.165, 1.54) is 0 Å². The summed E-state index contributed by atoms with van der Waals surface area (Å²) in [5.74, 6) is -0.319. The van der Waals surface area contributed by atoms with Crippen molar-refractivity contribution in [3.63, 3.8) is 0 Å². The molecule has 128 valence electrons. The summed E-state index contributed by atoms with van der Waals surface area (Å²) in [6.07, 6.45) is 1.80. The third-order valence-corrected chi connectivity index (χ3v) is 4.90. The molecule has 1 atom stereocenters. The fourth-order valence-corrected chi connectivity index (χ4v) is 3.68. The number of carbonyl (C=O) groups excluding carboxylic acids is 1. The Kier molecular flexibility index (Phi) is 5.98. The van der Waals surface area contributed by atoms with E-state index in [-0.39, 0.29) is 5.91 Å². The van der Waals surface area contributed by atoms with Crippen molar-refractivity contribution in [2.75, 3.05) is 17.1 Å². The van der Waals surface area contributed by atoms with E-state index in [0.717, 1.165) is 16.1 Å². The summed E-state index contributed by atoms with van der Waals surface area (Å²) in [7, 11) is -3.57. The smallest absolute Gasteiger partial charge is 0.243 e. The highest BCUT2D eigenvalue weighted by Gasteiger charge is 2.28. The van der Waals surface area contributed by atoms with Crippen LogP contribution in [0, 0.1) is 0 Å². The van der Waals surface area contributed by atoms with Crippen LogP contribution in [0.3, 0.4) is 0 Å². The largest absolute Gasteiger partial charge is 0.354 e. The van der Waals surface area contributed by atoms with Crippen molar-refractivity contribution in [3.8, 4) is 0 Å². The fourth-order valence-electron chi connectivity index (χ4n) is 2.51. The number of nitrogens with zero attached hydrogens (tertiary/aromatic N) is 1. The molecule has 1 amide bonds. The van der Waals surface area contributed by atoms with E-state index < -0.39 is 16.1 Å². The molecule has 24 heavy (non-hydrogen) atoms. The van der Waals surface area contributed by atoms with Gasteiger partial charge in [-0.1, -0.05) is 48.5 Å². The predicted molar refractivity (Wildman–Crippen MR) is 96.4 cm³/mol. The third-order valence-electron chi connectivity index (χ3n) is 3.65. The van der Waals surface area contributed by atoms with Gasteiger partial charge in [0, 0.05) is 6.54 Å². The van der Waals surface area contributed by atoms with Gasteiger partial charge in [0.15, 0.2) is 0 Å². The fraction of sp³-hybridized carbons (Fsp3) is 0.278. The van der Waals surface area contributed by atoms with Gasteiger partial charge in [0.1, 0.15) is 6.04 Å². The highest BCUT2D eigenvalue weighted by atomic mass is 32.2. The Morgan fingerprint density at radius 2 is 1.58 bits per heavy atom. The number of amides is 1. The molecule has 0 aliphatic carbocycles. The Balaban J connectivity index is 2.04. The zero-order valence-electron chi connectivity index (χ0n) is 13.8. The lowest BCUT2D eigenvalue weighted by atomic mass is 10.1. The van der Waals surface area contributed by atoms with Crippen molar-refractivity contribution >= 4 is 21.6 Å². The summed E-state index contributed by atoms with van der Waals surface area (Å²) in [5, 5.41) is 2.81. The number of rotatable bonds is 7. The maximum atomic E-state index is 12.4. The number of carbonyl (C=O) groups is 1. The number of hydrogen-bond acceptors (Lipinski definition) is 3. The van der Waals surface area contributed by atoms with Crippen molar-refractivity contribution < 1.29 is 13.2 Å². The molecule has 0 fully saturated rings. The van der Waals surface area contributed by atoms with Gasteiger partial charge in [0.25, 0.3) is 0 Å². The second kappa shape index (κ2) is 7.97. The summed E-state index contributed by atoms with van der Waals surface area (Å²) >= 11 is 0. The van der Waals surface area contributed by atoms with Crippen molar-refractivity contribution in [1.29, 1.82) is 0 Å². The van der Waals surface area contributed by atoms with Gasteiger partial charge in [-0.3, -0.25) is 9.10 Å². The molecule has 0 heterocycles. The van der Waals surface area contributed by atoms with Gasteiger partial charge in [-0.25, -0.2) is 8.42 Å². The number of para-hydroxylation sites is 1. The number of anilines is 1. The SMILES string of the molecule is CC(C(=O)NCCc1ccccc1)N(c1ccccc1)S(C)(=O)=O. The van der Waals surface area contributed by atoms with Crippen LogP contribution in [-0.4, -0.2) is 33.2 Å². The zero-order valence-corrected chi connectivity index (χ0v) is 14.7. The van der Waals surface area contributed by atoms with E-state index in [4.69, 9.17) is 0 Å². The molecule has 0 aromatic heterocycles. The summed E-state index contributed by atoms with van der Waals surface area (Å²) in [5.41, 5.74) is 1.60. The van der Waals surface area contributed by atoms with Gasteiger partial charge in [-0.05, 0) is 31.0 Å². The maximum Gasteiger partial charge on any atom is 0.243 e. The molecule has 0 saturated carbocycles. The van der Waals surface area contributed by atoms with Gasteiger partial charge in [-0.2, -0.15) is 0 Å². The molecule has 0 saturated heterocycles. The molecule has 0 aliphatic heterocycles. The van der Waals surface area contributed by atoms with Crippen LogP contribution < -0.4 is 9.62 Å². The van der Waals surface area contributed by atoms with Crippen LogP contribution in [0.25, 0.3) is 0 Å². The van der Waals surface area contributed by atoms with E-state index in [2.05, 4.69) is 5.32 Å². The van der Waals surface area contributed by atoms with Crippen LogP contribution >= 0.6 is 0 Å². The molecular weight excluding hydrogens is 324 g/mol. The molecule has 2 aromatic rings. The highest BCUT2D eigenvalue weighted by molar-refractivity contribution is 7.92. The lowest BCUT2D eigenvalue weighted by Crippen LogP contribution is -2.48. The molecule has 0 spiro atoms. The molecule has 1 N–H and O–H groups in total. The standard InChI is InChI=1S/C18H22N2O3S/c1-15(18(21)19-14-13-16-9-5-3-6-10-16)20(24(2,22)23)17-11-7-4-8-12-17/h3-12,15H,13-14H2,1-2H3,(H,19,21). The monoisotopic (exact) mass is 346 g/mol. The molecule has 0 bridgehead atoms. The first-order chi connectivity index (χ1) is 11.4. The number of hydrogen-bond donors (Lipinski definition) is 1. The minimum Gasteiger partial charge on any atom is -0.354 e. The van der Waals surface area contributed by atoms with Crippen molar-refractivity contribution in [2.45, 2.75) is 19.4 Å². The predicted octanol–water partition coefficient (Wildman–Crippen LogP) is 2.20. The Hall–Kier alpha value is -2.34. The van der Waals surface area contributed by atoms with Crippen LogP contribution in [0.15, 0.2) is 60.7 Å². The van der Waals surface area contributed by atoms with Gasteiger partial charge < -0.3 is 5.32 Å². The molecular formula is C18H22N2O3S. The molecule has 0 aliphatic rings. The quantitative estimate of drug-likeness (QED) is 0.836. The summed E-state index contributed by atoms with van der Waals surface area (Å²) < 4.78 is 25.4. The van der Waals surface area contributed by atoms with Gasteiger partial charge >= 0.3 is 0 Å². The Morgan fingerprint density at radius 1 is 1.04 bits per heavy atom. The minimum absolute atomic E-state index is 0.319. The molecule has 2 aromatic carbocycles. The van der Waals surface area contributed by atoms with Crippen LogP contribution in [-0.2, 0) is 21.2 Å². The Labute approximate surface area is 143 Å². The zero-order chi connectivity index (χ0) is 17.6. The lowest BCUT2D eigenvalue weighted by Gasteiger charge is -2.28. The molecule has 5 nitrogen and oxygen atoms in total. The highest BCUT2D eigenvalue weighted by Crippen LogP contribution is 2.20. The van der Waals surface area contributed by atoms with Crippen LogP contribution in [0.5, 0.6) is 0 Å². The van der Waals surface area contributed by atoms with Crippen molar-refractivity contribution in [2.24, 2.45) is 0 Å². The molecule has 1 unspecified atom stereocenters. The van der Waals surface area contributed by atoms with Gasteiger partial charge in [0.05, 0.1) is 11.9 Å². The number of nitrogens with one attached hydrogen (secondary N) is 1. The van der Waals surface area contributed by atoms with Crippen LogP contribution in [0.1, 0.15) is 12.5 Å². The Bertz CT molecular complexity index is 761. The second-order valence-electron chi connectivity index (χ2n) is 5.60. The van der Waals surface area contributed by atoms with Gasteiger partial charge in [-0.15, -0.1) is 0 Å². The summed E-state index contributed by atoms with van der Waals surface area (Å²) in [4.78, 5) is 12.4. The van der Waals surface area contributed by atoms with Crippen molar-refractivity contribution in [3.05, 3.63) is 66.2 Å². The van der Waals surface area contributed by atoms with E-state index in [1.807, 2.05) is 30.3 Å². The number of benzene rings is 2. The second-order valence-corrected chi connectivity index (χ2v) is 7.46. The maximum absolute atomic E-state index is 12.4. The van der Waals surface area contributed by atoms with Crippen molar-refractivity contribution in [1.82, 2.24) is 5.32 Å². The number of sulfonamides is 1. The summed E-state index contributed by atoms with van der Waals surface area (Å²) in [6.45, 7) is 2.05. The first-order valence-corrected chi connectivity index (χ1v) is 9.60. The topological polar surface area (TPSA) is 66.5 Å².